The van der Waals surface area contributed by atoms with Gasteiger partial charge in [0.15, 0.2) is 0 Å². The third-order valence-corrected chi connectivity index (χ3v) is 2.41. The quantitative estimate of drug-likeness (QED) is 0.636. The van der Waals surface area contributed by atoms with Gasteiger partial charge in [0.2, 0.25) is 0 Å². The predicted molar refractivity (Wildman–Crippen MR) is 74.7 cm³/mol. The molecule has 0 atom stereocenters. The summed E-state index contributed by atoms with van der Waals surface area (Å²) < 4.78 is 5.35. The van der Waals surface area contributed by atoms with Crippen LogP contribution < -0.4 is 15.4 Å². The SMILES string of the molecule is CCOc1ccc(/C=C(\NC)C(=O)NCCO)cc1. The fraction of sp³-hybridized carbons (Fsp3) is 0.357. The van der Waals surface area contributed by atoms with Crippen LogP contribution in [0, 0.1) is 0 Å². The summed E-state index contributed by atoms with van der Waals surface area (Å²) in [6.07, 6.45) is 1.74. The maximum absolute atomic E-state index is 11.7. The first kappa shape index (κ1) is 15.0. The molecule has 0 unspecified atom stereocenters. The number of nitrogens with one attached hydrogen (secondary N) is 2. The lowest BCUT2D eigenvalue weighted by atomic mass is 10.2. The summed E-state index contributed by atoms with van der Waals surface area (Å²) in [7, 11) is 1.68. The molecule has 1 amide bonds. The van der Waals surface area contributed by atoms with Gasteiger partial charge in [-0.15, -0.1) is 0 Å². The van der Waals surface area contributed by atoms with E-state index in [9.17, 15) is 4.79 Å². The van der Waals surface area contributed by atoms with Crippen molar-refractivity contribution >= 4 is 12.0 Å². The highest BCUT2D eigenvalue weighted by Crippen LogP contribution is 2.14. The van der Waals surface area contributed by atoms with Crippen molar-refractivity contribution in [2.45, 2.75) is 6.92 Å². The third kappa shape index (κ3) is 5.01. The van der Waals surface area contributed by atoms with E-state index in [0.717, 1.165) is 11.3 Å². The van der Waals surface area contributed by atoms with E-state index < -0.39 is 0 Å². The molecule has 1 rings (SSSR count). The second-order valence-corrected chi connectivity index (χ2v) is 3.79. The van der Waals surface area contributed by atoms with Gasteiger partial charge in [-0.05, 0) is 30.7 Å². The zero-order valence-corrected chi connectivity index (χ0v) is 11.3. The Morgan fingerprint density at radius 2 is 2.05 bits per heavy atom. The Morgan fingerprint density at radius 3 is 2.58 bits per heavy atom. The highest BCUT2D eigenvalue weighted by molar-refractivity contribution is 5.97. The lowest BCUT2D eigenvalue weighted by Gasteiger charge is -2.08. The van der Waals surface area contributed by atoms with E-state index in [1.54, 1.807) is 13.1 Å². The van der Waals surface area contributed by atoms with Gasteiger partial charge in [0, 0.05) is 13.6 Å². The van der Waals surface area contributed by atoms with E-state index in [-0.39, 0.29) is 19.1 Å². The van der Waals surface area contributed by atoms with Crippen molar-refractivity contribution in [1.82, 2.24) is 10.6 Å². The van der Waals surface area contributed by atoms with Crippen LogP contribution in [0.3, 0.4) is 0 Å². The number of aliphatic hydroxyl groups excluding tert-OH is 1. The van der Waals surface area contributed by atoms with E-state index >= 15 is 0 Å². The Morgan fingerprint density at radius 1 is 1.37 bits per heavy atom. The van der Waals surface area contributed by atoms with E-state index in [2.05, 4.69) is 10.6 Å². The van der Waals surface area contributed by atoms with Crippen LogP contribution in [0.5, 0.6) is 5.75 Å². The zero-order valence-electron chi connectivity index (χ0n) is 11.3. The van der Waals surface area contributed by atoms with Crippen LogP contribution in [-0.2, 0) is 4.79 Å². The van der Waals surface area contributed by atoms with E-state index in [0.29, 0.717) is 12.3 Å². The minimum absolute atomic E-state index is 0.0776. The normalized spacial score (nSPS) is 11.0. The van der Waals surface area contributed by atoms with Crippen LogP contribution in [0.2, 0.25) is 0 Å². The Bertz CT molecular complexity index is 427. The molecule has 0 aliphatic carbocycles. The maximum Gasteiger partial charge on any atom is 0.267 e. The third-order valence-electron chi connectivity index (χ3n) is 2.41. The molecule has 19 heavy (non-hydrogen) atoms. The molecule has 0 aromatic heterocycles. The Kier molecular flexibility index (Phi) is 6.46. The van der Waals surface area contributed by atoms with Crippen LogP contribution in [-0.4, -0.2) is 37.8 Å². The molecule has 1 aromatic carbocycles. The summed E-state index contributed by atoms with van der Waals surface area (Å²) in [6.45, 7) is 2.71. The van der Waals surface area contributed by atoms with Crippen molar-refractivity contribution in [3.63, 3.8) is 0 Å². The number of carbonyl (C=O) groups excluding carboxylic acids is 1. The Labute approximate surface area is 113 Å². The lowest BCUT2D eigenvalue weighted by Crippen LogP contribution is -2.32. The molecule has 0 aliphatic heterocycles. The number of hydrogen-bond acceptors (Lipinski definition) is 4. The second-order valence-electron chi connectivity index (χ2n) is 3.79. The average Bonchev–Trinajstić information content (AvgIpc) is 2.44. The molecule has 5 nitrogen and oxygen atoms in total. The van der Waals surface area contributed by atoms with Gasteiger partial charge in [0.25, 0.3) is 5.91 Å². The van der Waals surface area contributed by atoms with Gasteiger partial charge < -0.3 is 20.5 Å². The molecule has 104 valence electrons. The fourth-order valence-corrected chi connectivity index (χ4v) is 1.51. The number of rotatable bonds is 7. The first-order valence-corrected chi connectivity index (χ1v) is 6.22. The highest BCUT2D eigenvalue weighted by Gasteiger charge is 2.06. The van der Waals surface area contributed by atoms with Crippen molar-refractivity contribution in [3.8, 4) is 5.75 Å². The van der Waals surface area contributed by atoms with E-state index in [1.165, 1.54) is 0 Å². The van der Waals surface area contributed by atoms with Gasteiger partial charge in [0.05, 0.1) is 13.2 Å². The van der Waals surface area contributed by atoms with Crippen molar-refractivity contribution in [2.75, 3.05) is 26.8 Å². The molecule has 0 aliphatic rings. The van der Waals surface area contributed by atoms with Crippen LogP contribution in [0.25, 0.3) is 6.08 Å². The molecule has 0 bridgehead atoms. The van der Waals surface area contributed by atoms with Crippen molar-refractivity contribution < 1.29 is 14.6 Å². The molecular weight excluding hydrogens is 244 g/mol. The summed E-state index contributed by atoms with van der Waals surface area (Å²) in [5.41, 5.74) is 1.34. The van der Waals surface area contributed by atoms with Crippen molar-refractivity contribution in [1.29, 1.82) is 0 Å². The number of hydrogen-bond donors (Lipinski definition) is 3. The smallest absolute Gasteiger partial charge is 0.267 e. The summed E-state index contributed by atoms with van der Waals surface area (Å²) >= 11 is 0. The fourth-order valence-electron chi connectivity index (χ4n) is 1.51. The van der Waals surface area contributed by atoms with Crippen LogP contribution in [0.15, 0.2) is 30.0 Å². The number of aliphatic hydroxyl groups is 1. The highest BCUT2D eigenvalue weighted by atomic mass is 16.5. The summed E-state index contributed by atoms with van der Waals surface area (Å²) in [5, 5.41) is 14.1. The molecule has 0 radical (unpaired) electrons. The lowest BCUT2D eigenvalue weighted by molar-refractivity contribution is -0.117. The number of benzene rings is 1. The van der Waals surface area contributed by atoms with Gasteiger partial charge >= 0.3 is 0 Å². The number of likely N-dealkylation sites (N-methyl/N-ethyl adjacent to an activating group) is 1. The molecule has 0 saturated heterocycles. The van der Waals surface area contributed by atoms with Gasteiger partial charge in [-0.1, -0.05) is 12.1 Å². The standard InChI is InChI=1S/C14H20N2O3/c1-3-19-12-6-4-11(5-7-12)10-13(15-2)14(18)16-8-9-17/h4-7,10,15,17H,3,8-9H2,1-2H3,(H,16,18)/b13-10-. The largest absolute Gasteiger partial charge is 0.494 e. The van der Waals surface area contributed by atoms with Gasteiger partial charge in [-0.25, -0.2) is 0 Å². The minimum atomic E-state index is -0.245. The number of ether oxygens (including phenoxy) is 1. The molecule has 1 aromatic rings. The Balaban J connectivity index is 2.76. The van der Waals surface area contributed by atoms with Crippen LogP contribution in [0.4, 0.5) is 0 Å². The molecular formula is C14H20N2O3. The molecule has 3 N–H and O–H groups in total. The molecule has 0 heterocycles. The first-order valence-electron chi connectivity index (χ1n) is 6.22. The van der Waals surface area contributed by atoms with Gasteiger partial charge in [-0.2, -0.15) is 0 Å². The molecule has 0 spiro atoms. The summed E-state index contributed by atoms with van der Waals surface area (Å²) in [5.74, 6) is 0.556. The molecule has 5 heteroatoms. The monoisotopic (exact) mass is 264 g/mol. The minimum Gasteiger partial charge on any atom is -0.494 e. The van der Waals surface area contributed by atoms with Gasteiger partial charge in [0.1, 0.15) is 11.4 Å². The van der Waals surface area contributed by atoms with E-state index in [1.807, 2.05) is 31.2 Å². The molecule has 0 saturated carbocycles. The summed E-state index contributed by atoms with van der Waals surface area (Å²) in [6, 6.07) is 7.46. The zero-order chi connectivity index (χ0) is 14.1. The predicted octanol–water partition coefficient (Wildman–Crippen LogP) is 0.754. The molecule has 0 fully saturated rings. The number of amides is 1. The first-order chi connectivity index (χ1) is 9.21. The second kappa shape index (κ2) is 8.16. The van der Waals surface area contributed by atoms with E-state index in [4.69, 9.17) is 9.84 Å². The number of carbonyl (C=O) groups is 1. The maximum atomic E-state index is 11.7. The van der Waals surface area contributed by atoms with Crippen molar-refractivity contribution in [2.24, 2.45) is 0 Å². The Hall–Kier alpha value is -2.01. The van der Waals surface area contributed by atoms with Crippen LogP contribution >= 0.6 is 0 Å². The summed E-state index contributed by atoms with van der Waals surface area (Å²) in [4.78, 5) is 11.7. The average molecular weight is 264 g/mol. The van der Waals surface area contributed by atoms with Crippen LogP contribution in [0.1, 0.15) is 12.5 Å². The topological polar surface area (TPSA) is 70.6 Å². The van der Waals surface area contributed by atoms with Crippen molar-refractivity contribution in [3.05, 3.63) is 35.5 Å². The van der Waals surface area contributed by atoms with Gasteiger partial charge in [-0.3, -0.25) is 4.79 Å².